The van der Waals surface area contributed by atoms with Gasteiger partial charge in [0.1, 0.15) is 5.82 Å². The number of rotatable bonds is 5. The second-order valence-electron chi connectivity index (χ2n) is 2.86. The maximum absolute atomic E-state index is 13.3. The first-order valence-electron chi connectivity index (χ1n) is 4.50. The van der Waals surface area contributed by atoms with Crippen LogP contribution in [0, 0.1) is 5.82 Å². The van der Waals surface area contributed by atoms with Crippen LogP contribution in [-0.4, -0.2) is 17.5 Å². The second-order valence-corrected chi connectivity index (χ2v) is 3.96. The van der Waals surface area contributed by atoms with Crippen molar-refractivity contribution < 1.29 is 9.50 Å². The Balaban J connectivity index is 2.72. The molecule has 0 aromatic heterocycles. The maximum atomic E-state index is 13.3. The van der Waals surface area contributed by atoms with Crippen LogP contribution in [0.5, 0.6) is 0 Å². The molecule has 1 rings (SSSR count). The molecule has 0 bridgehead atoms. The van der Waals surface area contributed by atoms with Crippen LogP contribution in [0.2, 0.25) is 0 Å². The molecule has 0 aliphatic carbocycles. The highest BCUT2D eigenvalue weighted by atomic mass is 32.2. The van der Waals surface area contributed by atoms with Gasteiger partial charge in [0.2, 0.25) is 0 Å². The number of thioether (sulfide) groups is 1. The minimum Gasteiger partial charge on any atom is -0.396 e. The Bertz CT molecular complexity index is 293. The van der Waals surface area contributed by atoms with Gasteiger partial charge in [0, 0.05) is 23.8 Å². The summed E-state index contributed by atoms with van der Waals surface area (Å²) in [5, 5.41) is 8.61. The van der Waals surface area contributed by atoms with Crippen molar-refractivity contribution in [3.8, 4) is 0 Å². The lowest BCUT2D eigenvalue weighted by Gasteiger charge is -2.07. The van der Waals surface area contributed by atoms with Crippen LogP contribution in [-0.2, 0) is 6.54 Å². The van der Waals surface area contributed by atoms with Crippen molar-refractivity contribution >= 4 is 11.8 Å². The van der Waals surface area contributed by atoms with Gasteiger partial charge in [0.25, 0.3) is 0 Å². The Kier molecular flexibility index (Phi) is 4.93. The molecule has 2 nitrogen and oxygen atoms in total. The third-order valence-corrected chi connectivity index (χ3v) is 3.06. The number of aliphatic hydroxyl groups is 1. The molecular formula is C10H14FNOS. The number of nitrogens with two attached hydrogens (primary N) is 1. The molecule has 0 saturated heterocycles. The zero-order valence-electron chi connectivity index (χ0n) is 7.87. The molecule has 0 atom stereocenters. The van der Waals surface area contributed by atoms with Gasteiger partial charge in [-0.1, -0.05) is 12.1 Å². The van der Waals surface area contributed by atoms with Gasteiger partial charge < -0.3 is 10.8 Å². The van der Waals surface area contributed by atoms with Crippen LogP contribution in [0.4, 0.5) is 4.39 Å². The third-order valence-electron chi connectivity index (χ3n) is 1.82. The van der Waals surface area contributed by atoms with Crippen LogP contribution >= 0.6 is 11.8 Å². The van der Waals surface area contributed by atoms with Crippen LogP contribution in [0.15, 0.2) is 23.1 Å². The molecule has 4 heteroatoms. The van der Waals surface area contributed by atoms with Gasteiger partial charge in [0.15, 0.2) is 0 Å². The largest absolute Gasteiger partial charge is 0.396 e. The highest BCUT2D eigenvalue weighted by Gasteiger charge is 2.06. The number of hydrogen-bond acceptors (Lipinski definition) is 3. The fraction of sp³-hybridized carbons (Fsp3) is 0.400. The summed E-state index contributed by atoms with van der Waals surface area (Å²) in [6.45, 7) is 0.485. The lowest BCUT2D eigenvalue weighted by Crippen LogP contribution is -2.00. The number of benzene rings is 1. The van der Waals surface area contributed by atoms with Crippen LogP contribution < -0.4 is 5.73 Å². The lowest BCUT2D eigenvalue weighted by molar-refractivity contribution is 0.296. The molecule has 0 heterocycles. The molecule has 1 aromatic carbocycles. The van der Waals surface area contributed by atoms with Crippen molar-refractivity contribution in [2.24, 2.45) is 5.73 Å². The Hall–Kier alpha value is -0.580. The summed E-state index contributed by atoms with van der Waals surface area (Å²) in [6.07, 6.45) is 0.670. The van der Waals surface area contributed by atoms with Gasteiger partial charge in [-0.3, -0.25) is 0 Å². The summed E-state index contributed by atoms with van der Waals surface area (Å²) >= 11 is 1.41. The molecule has 0 unspecified atom stereocenters. The SMILES string of the molecule is NCc1cccc(F)c1SCCCO. The zero-order chi connectivity index (χ0) is 10.4. The Morgan fingerprint density at radius 1 is 1.43 bits per heavy atom. The molecular weight excluding hydrogens is 201 g/mol. The monoisotopic (exact) mass is 215 g/mol. The normalized spacial score (nSPS) is 10.5. The van der Waals surface area contributed by atoms with Crippen molar-refractivity contribution in [1.82, 2.24) is 0 Å². The van der Waals surface area contributed by atoms with E-state index in [4.69, 9.17) is 10.8 Å². The van der Waals surface area contributed by atoms with E-state index in [1.165, 1.54) is 17.8 Å². The minimum absolute atomic E-state index is 0.138. The third kappa shape index (κ3) is 2.97. The predicted molar refractivity (Wildman–Crippen MR) is 56.7 cm³/mol. The topological polar surface area (TPSA) is 46.2 Å². The molecule has 1 aromatic rings. The van der Waals surface area contributed by atoms with E-state index < -0.39 is 0 Å². The first-order valence-corrected chi connectivity index (χ1v) is 5.49. The van der Waals surface area contributed by atoms with E-state index in [0.29, 0.717) is 23.6 Å². The summed E-state index contributed by atoms with van der Waals surface area (Å²) in [5.74, 6) is 0.487. The minimum atomic E-state index is -0.226. The molecule has 3 N–H and O–H groups in total. The van der Waals surface area contributed by atoms with Gasteiger partial charge in [-0.15, -0.1) is 11.8 Å². The molecule has 0 amide bonds. The first kappa shape index (κ1) is 11.5. The average molecular weight is 215 g/mol. The smallest absolute Gasteiger partial charge is 0.137 e. The second kappa shape index (κ2) is 6.01. The van der Waals surface area contributed by atoms with E-state index in [0.717, 1.165) is 5.56 Å². The summed E-state index contributed by atoms with van der Waals surface area (Å²) in [7, 11) is 0. The molecule has 14 heavy (non-hydrogen) atoms. The fourth-order valence-corrected chi connectivity index (χ4v) is 2.13. The van der Waals surface area contributed by atoms with E-state index in [-0.39, 0.29) is 12.4 Å². The highest BCUT2D eigenvalue weighted by Crippen LogP contribution is 2.26. The van der Waals surface area contributed by atoms with Crippen molar-refractivity contribution in [3.63, 3.8) is 0 Å². The number of aliphatic hydroxyl groups excluding tert-OH is 1. The maximum Gasteiger partial charge on any atom is 0.137 e. The molecule has 0 radical (unpaired) electrons. The Morgan fingerprint density at radius 3 is 2.86 bits per heavy atom. The molecule has 0 saturated carbocycles. The van der Waals surface area contributed by atoms with Crippen molar-refractivity contribution in [3.05, 3.63) is 29.6 Å². The number of hydrogen-bond donors (Lipinski definition) is 2. The molecule has 0 aliphatic heterocycles. The molecule has 0 aliphatic rings. The van der Waals surface area contributed by atoms with Crippen molar-refractivity contribution in [2.75, 3.05) is 12.4 Å². The van der Waals surface area contributed by atoms with Gasteiger partial charge in [-0.05, 0) is 18.1 Å². The van der Waals surface area contributed by atoms with E-state index in [1.54, 1.807) is 6.07 Å². The zero-order valence-corrected chi connectivity index (χ0v) is 8.69. The van der Waals surface area contributed by atoms with Crippen molar-refractivity contribution in [2.45, 2.75) is 17.9 Å². The van der Waals surface area contributed by atoms with E-state index in [2.05, 4.69) is 0 Å². The van der Waals surface area contributed by atoms with Gasteiger partial charge in [0.05, 0.1) is 0 Å². The van der Waals surface area contributed by atoms with Crippen molar-refractivity contribution in [1.29, 1.82) is 0 Å². The lowest BCUT2D eigenvalue weighted by atomic mass is 10.2. The summed E-state index contributed by atoms with van der Waals surface area (Å²) in [6, 6.07) is 4.92. The average Bonchev–Trinajstić information content (AvgIpc) is 2.20. The summed E-state index contributed by atoms with van der Waals surface area (Å²) in [4.78, 5) is 0.614. The predicted octanol–water partition coefficient (Wildman–Crippen LogP) is 1.76. The van der Waals surface area contributed by atoms with E-state index >= 15 is 0 Å². The summed E-state index contributed by atoms with van der Waals surface area (Å²) < 4.78 is 13.3. The molecule has 0 fully saturated rings. The van der Waals surface area contributed by atoms with Gasteiger partial charge in [-0.25, -0.2) is 4.39 Å². The molecule has 0 spiro atoms. The standard InChI is InChI=1S/C10H14FNOS/c11-9-4-1-3-8(7-12)10(9)14-6-2-5-13/h1,3-4,13H,2,5-7,12H2. The Labute approximate surface area is 87.3 Å². The van der Waals surface area contributed by atoms with Gasteiger partial charge >= 0.3 is 0 Å². The van der Waals surface area contributed by atoms with E-state index in [1.807, 2.05) is 6.07 Å². The van der Waals surface area contributed by atoms with E-state index in [9.17, 15) is 4.39 Å². The number of halogens is 1. The van der Waals surface area contributed by atoms with Crippen LogP contribution in [0.1, 0.15) is 12.0 Å². The molecule has 78 valence electrons. The summed E-state index contributed by atoms with van der Waals surface area (Å²) in [5.41, 5.74) is 6.32. The quantitative estimate of drug-likeness (QED) is 0.581. The Morgan fingerprint density at radius 2 is 2.21 bits per heavy atom. The van der Waals surface area contributed by atoms with Crippen LogP contribution in [0.25, 0.3) is 0 Å². The van der Waals surface area contributed by atoms with Crippen LogP contribution in [0.3, 0.4) is 0 Å². The fourth-order valence-electron chi connectivity index (χ4n) is 1.11. The highest BCUT2D eigenvalue weighted by molar-refractivity contribution is 7.99. The first-order chi connectivity index (χ1) is 6.79. The van der Waals surface area contributed by atoms with Gasteiger partial charge in [-0.2, -0.15) is 0 Å².